The molecule has 1 fully saturated rings. The zero-order valence-electron chi connectivity index (χ0n) is 22.8. The van der Waals surface area contributed by atoms with Crippen molar-refractivity contribution in [3.8, 4) is 6.07 Å². The number of amides is 2. The highest BCUT2D eigenvalue weighted by Crippen LogP contribution is 2.30. The topological polar surface area (TPSA) is 103 Å². The van der Waals surface area contributed by atoms with Crippen molar-refractivity contribution in [2.24, 2.45) is 5.92 Å². The van der Waals surface area contributed by atoms with Crippen molar-refractivity contribution in [3.63, 3.8) is 0 Å². The van der Waals surface area contributed by atoms with Gasteiger partial charge in [-0.25, -0.2) is 13.8 Å². The van der Waals surface area contributed by atoms with Crippen molar-refractivity contribution in [2.75, 3.05) is 18.4 Å². The minimum atomic E-state index is -4.37. The Hall–Kier alpha value is -3.83. The second-order valence-corrected chi connectivity index (χ2v) is 11.4. The molecule has 0 bridgehead atoms. The fraction of sp³-hybridized carbons (Fsp3) is 0.429. The van der Waals surface area contributed by atoms with E-state index in [0.29, 0.717) is 47.3 Å². The molecule has 1 atom stereocenters. The van der Waals surface area contributed by atoms with Gasteiger partial charge in [0.1, 0.15) is 11.6 Å². The Balaban J connectivity index is 1.65. The molecule has 2 amide bonds. The average molecular weight is 609 g/mol. The number of hydrogen-bond acceptors (Lipinski definition) is 6. The van der Waals surface area contributed by atoms with Crippen molar-refractivity contribution >= 4 is 40.1 Å². The summed E-state index contributed by atoms with van der Waals surface area (Å²) in [7, 11) is 0. The molecule has 0 radical (unpaired) electrons. The average Bonchev–Trinajstić information content (AvgIpc) is 3.66. The molecular weight excluding hydrogens is 579 g/mol. The number of carbonyl (C=O) groups excluding carboxylic acids is 2. The second kappa shape index (κ2) is 13.0. The summed E-state index contributed by atoms with van der Waals surface area (Å²) >= 11 is 0.653. The monoisotopic (exact) mass is 608 g/mol. The molecular formula is C28H29F5N6O2S. The Morgan fingerprint density at radius 1 is 1.24 bits per heavy atom. The van der Waals surface area contributed by atoms with E-state index in [-0.39, 0.29) is 52.2 Å². The van der Waals surface area contributed by atoms with Crippen LogP contribution in [0.15, 0.2) is 42.0 Å². The first kappa shape index (κ1) is 31.1. The minimum absolute atomic E-state index is 0.00767. The number of likely N-dealkylation sites (tertiary alicyclic amines) is 1. The summed E-state index contributed by atoms with van der Waals surface area (Å²) in [6.45, 7) is 3.14. The molecule has 2 aromatic heterocycles. The first-order valence-corrected chi connectivity index (χ1v) is 14.1. The van der Waals surface area contributed by atoms with Gasteiger partial charge in [0.2, 0.25) is 5.95 Å². The number of carbonyl (C=O) groups is 2. The molecule has 42 heavy (non-hydrogen) atoms. The number of hydrogen-bond donors (Lipinski definition) is 2. The molecule has 4 rings (SSSR count). The van der Waals surface area contributed by atoms with E-state index in [4.69, 9.17) is 0 Å². The van der Waals surface area contributed by atoms with Crippen LogP contribution in [0.4, 0.5) is 27.9 Å². The van der Waals surface area contributed by atoms with Crippen molar-refractivity contribution in [2.45, 2.75) is 58.4 Å². The second-order valence-electron chi connectivity index (χ2n) is 10.3. The normalized spacial score (nSPS) is 16.0. The highest BCUT2D eigenvalue weighted by Gasteiger charge is 2.32. The number of thiophene rings is 1. The molecule has 8 nitrogen and oxygen atoms in total. The van der Waals surface area contributed by atoms with Crippen LogP contribution >= 0.6 is 11.3 Å². The SMILES string of the molecule is CC(C)/C=C(\C#N)C(=O)N1CCC[C@@H]1Cn1c(NC(=O)c2ccc(C(F)F)s2)nc2cc(CNCC(F)(F)F)ccc21. The van der Waals surface area contributed by atoms with E-state index in [1.54, 1.807) is 33.7 Å². The fourth-order valence-corrected chi connectivity index (χ4v) is 5.58. The number of imidazole rings is 1. The van der Waals surface area contributed by atoms with Crippen molar-refractivity contribution in [1.82, 2.24) is 19.8 Å². The van der Waals surface area contributed by atoms with E-state index < -0.39 is 25.1 Å². The molecule has 0 saturated carbocycles. The quantitative estimate of drug-likeness (QED) is 0.166. The maximum atomic E-state index is 13.2. The molecule has 2 N–H and O–H groups in total. The van der Waals surface area contributed by atoms with Crippen LogP contribution in [-0.2, 0) is 17.9 Å². The molecule has 1 saturated heterocycles. The Labute approximate surface area is 242 Å². The van der Waals surface area contributed by atoms with Gasteiger partial charge >= 0.3 is 6.18 Å². The number of aromatic nitrogens is 2. The molecule has 0 aliphatic carbocycles. The number of fused-ring (bicyclic) bond motifs is 1. The lowest BCUT2D eigenvalue weighted by Crippen LogP contribution is -2.39. The first-order valence-electron chi connectivity index (χ1n) is 13.2. The van der Waals surface area contributed by atoms with E-state index in [1.807, 2.05) is 19.9 Å². The molecule has 1 aliphatic heterocycles. The van der Waals surface area contributed by atoms with Gasteiger partial charge in [-0.15, -0.1) is 11.3 Å². The van der Waals surface area contributed by atoms with Crippen molar-refractivity contribution in [1.29, 1.82) is 5.26 Å². The number of allylic oxidation sites excluding steroid dienone is 1. The fourth-order valence-electron chi connectivity index (χ4n) is 4.82. The largest absolute Gasteiger partial charge is 0.401 e. The maximum Gasteiger partial charge on any atom is 0.401 e. The Morgan fingerprint density at radius 3 is 2.64 bits per heavy atom. The van der Waals surface area contributed by atoms with Gasteiger partial charge in [0, 0.05) is 19.6 Å². The lowest BCUT2D eigenvalue weighted by Gasteiger charge is -2.26. The number of nitriles is 1. The summed E-state index contributed by atoms with van der Waals surface area (Å²) in [4.78, 5) is 32.2. The molecule has 3 aromatic rings. The zero-order valence-corrected chi connectivity index (χ0v) is 23.7. The van der Waals surface area contributed by atoms with Crippen LogP contribution in [0.5, 0.6) is 0 Å². The number of rotatable bonds is 10. The Bertz CT molecular complexity index is 1520. The molecule has 0 unspecified atom stereocenters. The van der Waals surface area contributed by atoms with Crippen LogP contribution < -0.4 is 10.6 Å². The highest BCUT2D eigenvalue weighted by atomic mass is 32.1. The third-order valence-corrected chi connectivity index (χ3v) is 7.73. The van der Waals surface area contributed by atoms with Crippen LogP contribution in [0.1, 0.15) is 53.2 Å². The highest BCUT2D eigenvalue weighted by molar-refractivity contribution is 7.14. The Morgan fingerprint density at radius 2 is 2.00 bits per heavy atom. The molecule has 224 valence electrons. The van der Waals surface area contributed by atoms with E-state index in [9.17, 15) is 36.8 Å². The van der Waals surface area contributed by atoms with Gasteiger partial charge in [-0.3, -0.25) is 14.9 Å². The van der Waals surface area contributed by atoms with Gasteiger partial charge in [-0.2, -0.15) is 18.4 Å². The summed E-state index contributed by atoms with van der Waals surface area (Å²) in [6.07, 6.45) is -4.15. The molecule has 14 heteroatoms. The van der Waals surface area contributed by atoms with Crippen LogP contribution in [0.2, 0.25) is 0 Å². The summed E-state index contributed by atoms with van der Waals surface area (Å²) in [6, 6.07) is 9.02. The predicted molar refractivity (Wildman–Crippen MR) is 148 cm³/mol. The maximum absolute atomic E-state index is 13.2. The zero-order chi connectivity index (χ0) is 30.6. The van der Waals surface area contributed by atoms with Gasteiger partial charge in [0.25, 0.3) is 18.2 Å². The van der Waals surface area contributed by atoms with Crippen LogP contribution in [0.25, 0.3) is 11.0 Å². The molecule has 0 spiro atoms. The lowest BCUT2D eigenvalue weighted by molar-refractivity contribution is -0.128. The summed E-state index contributed by atoms with van der Waals surface area (Å²) in [5, 5.41) is 14.6. The van der Waals surface area contributed by atoms with Gasteiger partial charge < -0.3 is 14.8 Å². The Kier molecular flexibility index (Phi) is 9.63. The number of nitrogens with zero attached hydrogens (tertiary/aromatic N) is 4. The molecule has 1 aliphatic rings. The smallest absolute Gasteiger partial charge is 0.333 e. The van der Waals surface area contributed by atoms with Gasteiger partial charge in [-0.05, 0) is 48.6 Å². The number of benzene rings is 1. The van der Waals surface area contributed by atoms with Crippen LogP contribution in [-0.4, -0.2) is 51.6 Å². The minimum Gasteiger partial charge on any atom is -0.333 e. The van der Waals surface area contributed by atoms with Gasteiger partial charge in [0.05, 0.1) is 33.4 Å². The number of nitrogens with one attached hydrogen (secondary N) is 2. The number of alkyl halides is 5. The van der Waals surface area contributed by atoms with Crippen molar-refractivity contribution < 1.29 is 31.5 Å². The van der Waals surface area contributed by atoms with Crippen LogP contribution in [0, 0.1) is 17.2 Å². The lowest BCUT2D eigenvalue weighted by atomic mass is 10.1. The number of halogens is 5. The van der Waals surface area contributed by atoms with E-state index in [0.717, 1.165) is 0 Å². The first-order chi connectivity index (χ1) is 19.9. The van der Waals surface area contributed by atoms with Crippen LogP contribution in [0.3, 0.4) is 0 Å². The van der Waals surface area contributed by atoms with Gasteiger partial charge in [-0.1, -0.05) is 26.0 Å². The molecule has 3 heterocycles. The third-order valence-electron chi connectivity index (χ3n) is 6.64. The summed E-state index contributed by atoms with van der Waals surface area (Å²) in [5.41, 5.74) is 1.53. The molecule has 1 aromatic carbocycles. The van der Waals surface area contributed by atoms with Crippen molar-refractivity contribution in [3.05, 3.63) is 57.3 Å². The van der Waals surface area contributed by atoms with E-state index in [2.05, 4.69) is 15.6 Å². The third kappa shape index (κ3) is 7.51. The number of anilines is 1. The van der Waals surface area contributed by atoms with E-state index in [1.165, 1.54) is 12.1 Å². The standard InChI is InChI=1S/C28H29F5N6O2S/c1-16(2)10-18(12-34)26(41)38-9-3-4-19(38)14-39-21-6-5-17(13-35-15-28(31,32)33)11-20(21)36-27(39)37-25(40)23-8-7-22(42-23)24(29)30/h5-8,10-11,16,19,24,35H,3-4,9,13-15H2,1-2H3,(H,36,37,40)/b18-10+/t19-/m1/s1. The summed E-state index contributed by atoms with van der Waals surface area (Å²) < 4.78 is 65.6. The summed E-state index contributed by atoms with van der Waals surface area (Å²) in [5.74, 6) is -0.951. The predicted octanol–water partition coefficient (Wildman–Crippen LogP) is 6.04. The van der Waals surface area contributed by atoms with E-state index >= 15 is 0 Å². The van der Waals surface area contributed by atoms with Gasteiger partial charge in [0.15, 0.2) is 0 Å².